The Hall–Kier alpha value is -3.90. The highest BCUT2D eigenvalue weighted by molar-refractivity contribution is 5.91. The quantitative estimate of drug-likeness (QED) is 0.348. The molecule has 34 heavy (non-hydrogen) atoms. The molecule has 6 heteroatoms. The molecule has 0 spiro atoms. The number of methoxy groups -OCH3 is 1. The van der Waals surface area contributed by atoms with E-state index in [1.54, 1.807) is 7.11 Å². The molecule has 1 heterocycles. The van der Waals surface area contributed by atoms with Gasteiger partial charge in [0.05, 0.1) is 13.7 Å². The van der Waals surface area contributed by atoms with Gasteiger partial charge < -0.3 is 14.5 Å². The van der Waals surface area contributed by atoms with Crippen molar-refractivity contribution in [2.24, 2.45) is 0 Å². The minimum absolute atomic E-state index is 0.106. The lowest BCUT2D eigenvalue weighted by molar-refractivity contribution is 0.0945. The summed E-state index contributed by atoms with van der Waals surface area (Å²) in [5.74, 6) is 1.06. The highest BCUT2D eigenvalue weighted by Gasteiger charge is 2.20. The van der Waals surface area contributed by atoms with E-state index in [-0.39, 0.29) is 17.6 Å². The van der Waals surface area contributed by atoms with E-state index in [1.165, 1.54) is 11.8 Å². The SMILES string of the molecule is COc1cccc(CN(Cc2nc(C(=O)NCc3ccccc3)co2)[C@@H](C)c2ccccc2)c1. The molecule has 0 unspecified atom stereocenters. The second kappa shape index (κ2) is 11.3. The maximum atomic E-state index is 12.6. The van der Waals surface area contributed by atoms with Gasteiger partial charge in [0.25, 0.3) is 5.91 Å². The van der Waals surface area contributed by atoms with Crippen molar-refractivity contribution in [1.29, 1.82) is 0 Å². The Morgan fingerprint density at radius 3 is 2.41 bits per heavy atom. The lowest BCUT2D eigenvalue weighted by atomic mass is 10.1. The number of ether oxygens (including phenoxy) is 1. The van der Waals surface area contributed by atoms with Crippen LogP contribution in [0.4, 0.5) is 0 Å². The topological polar surface area (TPSA) is 67.6 Å². The molecule has 1 amide bonds. The monoisotopic (exact) mass is 455 g/mol. The number of carbonyl (C=O) groups excluding carboxylic acids is 1. The summed E-state index contributed by atoms with van der Waals surface area (Å²) < 4.78 is 11.1. The standard InChI is InChI=1S/C28H29N3O3/c1-21(24-13-7-4-8-14-24)31(18-23-12-9-15-25(16-23)33-2)19-27-30-26(20-34-27)28(32)29-17-22-10-5-3-6-11-22/h3-16,20-21H,17-19H2,1-2H3,(H,29,32)/t21-/m0/s1. The molecule has 1 N–H and O–H groups in total. The Bertz CT molecular complexity index is 1190. The van der Waals surface area contributed by atoms with E-state index in [2.05, 4.69) is 40.3 Å². The highest BCUT2D eigenvalue weighted by Crippen LogP contribution is 2.25. The number of hydrogen-bond acceptors (Lipinski definition) is 5. The van der Waals surface area contributed by atoms with Gasteiger partial charge in [-0.2, -0.15) is 0 Å². The van der Waals surface area contributed by atoms with Crippen molar-refractivity contribution in [3.05, 3.63) is 119 Å². The van der Waals surface area contributed by atoms with Gasteiger partial charge in [-0.25, -0.2) is 4.98 Å². The fourth-order valence-corrected chi connectivity index (χ4v) is 3.81. The molecule has 0 aliphatic rings. The van der Waals surface area contributed by atoms with Gasteiger partial charge in [-0.1, -0.05) is 72.8 Å². The number of nitrogens with one attached hydrogen (secondary N) is 1. The van der Waals surface area contributed by atoms with Crippen LogP contribution in [0.5, 0.6) is 5.75 Å². The average Bonchev–Trinajstić information content (AvgIpc) is 3.36. The summed E-state index contributed by atoms with van der Waals surface area (Å²) >= 11 is 0. The summed E-state index contributed by atoms with van der Waals surface area (Å²) in [6.07, 6.45) is 1.42. The van der Waals surface area contributed by atoms with Crippen LogP contribution < -0.4 is 10.1 Å². The van der Waals surface area contributed by atoms with Crippen molar-refractivity contribution in [2.75, 3.05) is 7.11 Å². The predicted molar refractivity (Wildman–Crippen MR) is 131 cm³/mol. The minimum Gasteiger partial charge on any atom is -0.497 e. The molecule has 0 bridgehead atoms. The third kappa shape index (κ3) is 6.11. The molecule has 0 saturated carbocycles. The molecular weight excluding hydrogens is 426 g/mol. The molecule has 3 aromatic carbocycles. The number of oxazole rings is 1. The van der Waals surface area contributed by atoms with Crippen molar-refractivity contribution in [2.45, 2.75) is 32.6 Å². The lowest BCUT2D eigenvalue weighted by Crippen LogP contribution is -2.27. The Morgan fingerprint density at radius 2 is 1.68 bits per heavy atom. The zero-order valence-corrected chi connectivity index (χ0v) is 19.5. The normalized spacial score (nSPS) is 11.9. The van der Waals surface area contributed by atoms with Crippen LogP contribution in [0.1, 0.15) is 46.0 Å². The van der Waals surface area contributed by atoms with Crippen LogP contribution in [0.25, 0.3) is 0 Å². The van der Waals surface area contributed by atoms with Crippen LogP contribution >= 0.6 is 0 Å². The van der Waals surface area contributed by atoms with Crippen LogP contribution in [-0.4, -0.2) is 22.9 Å². The molecule has 174 valence electrons. The molecule has 0 radical (unpaired) electrons. The number of rotatable bonds is 10. The number of nitrogens with zero attached hydrogens (tertiary/aromatic N) is 2. The summed E-state index contributed by atoms with van der Waals surface area (Å²) in [4.78, 5) is 19.3. The number of carbonyl (C=O) groups is 1. The molecule has 1 aromatic heterocycles. The number of hydrogen-bond donors (Lipinski definition) is 1. The van der Waals surface area contributed by atoms with Crippen LogP contribution in [0.3, 0.4) is 0 Å². The van der Waals surface area contributed by atoms with Crippen LogP contribution in [-0.2, 0) is 19.6 Å². The van der Waals surface area contributed by atoms with E-state index in [1.807, 2.05) is 66.7 Å². The van der Waals surface area contributed by atoms with Crippen LogP contribution in [0, 0.1) is 0 Å². The van der Waals surface area contributed by atoms with Crippen molar-refractivity contribution in [3.8, 4) is 5.75 Å². The lowest BCUT2D eigenvalue weighted by Gasteiger charge is -2.28. The van der Waals surface area contributed by atoms with Crippen molar-refractivity contribution in [3.63, 3.8) is 0 Å². The molecular formula is C28H29N3O3. The summed E-state index contributed by atoms with van der Waals surface area (Å²) in [7, 11) is 1.67. The van der Waals surface area contributed by atoms with Crippen LogP contribution in [0.15, 0.2) is 95.6 Å². The molecule has 6 nitrogen and oxygen atoms in total. The van der Waals surface area contributed by atoms with Crippen molar-refractivity contribution < 1.29 is 13.9 Å². The molecule has 0 aliphatic carbocycles. The third-order valence-electron chi connectivity index (χ3n) is 5.77. The fraction of sp³-hybridized carbons (Fsp3) is 0.214. The Kier molecular flexibility index (Phi) is 7.73. The first-order valence-electron chi connectivity index (χ1n) is 11.3. The third-order valence-corrected chi connectivity index (χ3v) is 5.77. The molecule has 1 atom stereocenters. The first-order chi connectivity index (χ1) is 16.6. The van der Waals surface area contributed by atoms with Gasteiger partial charge in [-0.3, -0.25) is 9.69 Å². The van der Waals surface area contributed by atoms with E-state index in [0.717, 1.165) is 16.9 Å². The number of aromatic nitrogens is 1. The van der Waals surface area contributed by atoms with Crippen molar-refractivity contribution in [1.82, 2.24) is 15.2 Å². The first-order valence-corrected chi connectivity index (χ1v) is 11.3. The van der Waals surface area contributed by atoms with Gasteiger partial charge in [-0.15, -0.1) is 0 Å². The van der Waals surface area contributed by atoms with Gasteiger partial charge in [0.2, 0.25) is 5.89 Å². The second-order valence-electron chi connectivity index (χ2n) is 8.14. The smallest absolute Gasteiger partial charge is 0.273 e. The van der Waals surface area contributed by atoms with Gasteiger partial charge in [0, 0.05) is 19.1 Å². The molecule has 4 rings (SSSR count). The second-order valence-corrected chi connectivity index (χ2v) is 8.14. The molecule has 0 saturated heterocycles. The summed E-state index contributed by atoms with van der Waals surface area (Å²) in [5, 5.41) is 2.89. The summed E-state index contributed by atoms with van der Waals surface area (Å²) in [6, 6.07) is 28.2. The zero-order valence-electron chi connectivity index (χ0n) is 19.5. The first kappa shape index (κ1) is 23.3. The van der Waals surface area contributed by atoms with E-state index in [0.29, 0.717) is 25.5 Å². The Labute approximate surface area is 200 Å². The minimum atomic E-state index is -0.255. The number of amides is 1. The largest absolute Gasteiger partial charge is 0.497 e. The van der Waals surface area contributed by atoms with Gasteiger partial charge in [0.15, 0.2) is 5.69 Å². The van der Waals surface area contributed by atoms with E-state index in [4.69, 9.17) is 9.15 Å². The molecule has 0 aliphatic heterocycles. The Balaban J connectivity index is 1.48. The van der Waals surface area contributed by atoms with Gasteiger partial charge in [0.1, 0.15) is 12.0 Å². The van der Waals surface area contributed by atoms with E-state index >= 15 is 0 Å². The maximum absolute atomic E-state index is 12.6. The Morgan fingerprint density at radius 1 is 0.971 bits per heavy atom. The highest BCUT2D eigenvalue weighted by atomic mass is 16.5. The van der Waals surface area contributed by atoms with Gasteiger partial charge in [-0.05, 0) is 35.7 Å². The predicted octanol–water partition coefficient (Wildman–Crippen LogP) is 5.38. The summed E-state index contributed by atoms with van der Waals surface area (Å²) in [5.41, 5.74) is 3.62. The average molecular weight is 456 g/mol. The fourth-order valence-electron chi connectivity index (χ4n) is 3.81. The van der Waals surface area contributed by atoms with E-state index in [9.17, 15) is 4.79 Å². The number of benzene rings is 3. The maximum Gasteiger partial charge on any atom is 0.273 e. The van der Waals surface area contributed by atoms with Crippen molar-refractivity contribution >= 4 is 5.91 Å². The van der Waals surface area contributed by atoms with E-state index < -0.39 is 0 Å². The van der Waals surface area contributed by atoms with Gasteiger partial charge >= 0.3 is 0 Å². The zero-order chi connectivity index (χ0) is 23.8. The summed E-state index contributed by atoms with van der Waals surface area (Å²) in [6.45, 7) is 3.73. The molecule has 4 aromatic rings. The van der Waals surface area contributed by atoms with Crippen LogP contribution in [0.2, 0.25) is 0 Å². The molecule has 0 fully saturated rings.